The van der Waals surface area contributed by atoms with Crippen LogP contribution in [0.1, 0.15) is 27.0 Å². The molecule has 0 aliphatic carbocycles. The minimum Gasteiger partial charge on any atom is -0.352 e. The Hall–Kier alpha value is -2.83. The highest BCUT2D eigenvalue weighted by Crippen LogP contribution is 2.29. The third-order valence-electron chi connectivity index (χ3n) is 3.72. The largest absolute Gasteiger partial charge is 0.416 e. The highest BCUT2D eigenvalue weighted by molar-refractivity contribution is 5.93. The zero-order valence-corrected chi connectivity index (χ0v) is 14.4. The molecule has 0 unspecified atom stereocenters. The normalized spacial score (nSPS) is 11.1. The maximum atomic E-state index is 12.7. The number of hydrogen-bond acceptors (Lipinski definition) is 2. The molecule has 4 nitrogen and oxygen atoms in total. The first-order valence-electron chi connectivity index (χ1n) is 7.90. The van der Waals surface area contributed by atoms with Crippen LogP contribution >= 0.6 is 0 Å². The molecule has 7 heteroatoms. The maximum absolute atomic E-state index is 12.7. The van der Waals surface area contributed by atoms with E-state index in [1.165, 1.54) is 17.0 Å². The SMILES string of the molecule is CN(C)C(=O)c1ccc(CNC(=O)Cc2cccc(C(F)(F)F)c2)cc1. The lowest BCUT2D eigenvalue weighted by atomic mass is 10.1. The van der Waals surface area contributed by atoms with Crippen molar-refractivity contribution < 1.29 is 22.8 Å². The van der Waals surface area contributed by atoms with Gasteiger partial charge in [0.2, 0.25) is 5.91 Å². The average Bonchev–Trinajstić information content (AvgIpc) is 2.59. The zero-order valence-electron chi connectivity index (χ0n) is 14.4. The summed E-state index contributed by atoms with van der Waals surface area (Å²) < 4.78 is 38.1. The van der Waals surface area contributed by atoms with E-state index in [1.54, 1.807) is 38.4 Å². The minimum atomic E-state index is -4.43. The van der Waals surface area contributed by atoms with E-state index in [1.807, 2.05) is 0 Å². The van der Waals surface area contributed by atoms with Crippen LogP contribution in [-0.2, 0) is 23.9 Å². The number of alkyl halides is 3. The molecular weight excluding hydrogens is 345 g/mol. The van der Waals surface area contributed by atoms with E-state index in [4.69, 9.17) is 0 Å². The molecule has 0 spiro atoms. The second kappa shape index (κ2) is 8.03. The average molecular weight is 364 g/mol. The summed E-state index contributed by atoms with van der Waals surface area (Å²) in [4.78, 5) is 25.2. The second-order valence-corrected chi connectivity index (χ2v) is 6.05. The monoisotopic (exact) mass is 364 g/mol. The highest BCUT2D eigenvalue weighted by Gasteiger charge is 2.30. The molecule has 0 aromatic heterocycles. The molecule has 26 heavy (non-hydrogen) atoms. The molecular formula is C19H19F3N2O2. The van der Waals surface area contributed by atoms with Crippen LogP contribution in [0.4, 0.5) is 13.2 Å². The van der Waals surface area contributed by atoms with Gasteiger partial charge in [-0.25, -0.2) is 0 Å². The lowest BCUT2D eigenvalue weighted by Crippen LogP contribution is -2.25. The summed E-state index contributed by atoms with van der Waals surface area (Å²) in [6, 6.07) is 11.5. The summed E-state index contributed by atoms with van der Waals surface area (Å²) in [6.07, 6.45) is -4.57. The van der Waals surface area contributed by atoms with Crippen LogP contribution in [0.3, 0.4) is 0 Å². The molecule has 2 aromatic carbocycles. The fraction of sp³-hybridized carbons (Fsp3) is 0.263. The van der Waals surface area contributed by atoms with Crippen LogP contribution in [0.2, 0.25) is 0 Å². The molecule has 0 aliphatic heterocycles. The summed E-state index contributed by atoms with van der Waals surface area (Å²) in [7, 11) is 3.31. The number of carbonyl (C=O) groups is 2. The number of rotatable bonds is 5. The Labute approximate surface area is 149 Å². The van der Waals surface area contributed by atoms with Gasteiger partial charge in [0, 0.05) is 26.2 Å². The first-order valence-corrected chi connectivity index (χ1v) is 7.90. The number of halogens is 3. The fourth-order valence-electron chi connectivity index (χ4n) is 2.33. The van der Waals surface area contributed by atoms with E-state index in [9.17, 15) is 22.8 Å². The summed E-state index contributed by atoms with van der Waals surface area (Å²) in [5, 5.41) is 2.66. The molecule has 0 aliphatic rings. The van der Waals surface area contributed by atoms with Crippen molar-refractivity contribution in [3.8, 4) is 0 Å². The lowest BCUT2D eigenvalue weighted by molar-refractivity contribution is -0.137. The van der Waals surface area contributed by atoms with Gasteiger partial charge >= 0.3 is 6.18 Å². The van der Waals surface area contributed by atoms with Crippen molar-refractivity contribution in [2.45, 2.75) is 19.1 Å². The Kier molecular flexibility index (Phi) is 6.02. The third kappa shape index (κ3) is 5.34. The Morgan fingerprint density at radius 2 is 1.65 bits per heavy atom. The van der Waals surface area contributed by atoms with Crippen LogP contribution in [-0.4, -0.2) is 30.8 Å². The molecule has 0 saturated carbocycles. The molecule has 2 amide bonds. The molecule has 0 bridgehead atoms. The standard InChI is InChI=1S/C19H19F3N2O2/c1-24(2)18(26)15-8-6-13(7-9-15)12-23-17(25)11-14-4-3-5-16(10-14)19(20,21)22/h3-10H,11-12H2,1-2H3,(H,23,25). The van der Waals surface area contributed by atoms with Crippen molar-refractivity contribution in [1.29, 1.82) is 0 Å². The lowest BCUT2D eigenvalue weighted by Gasteiger charge is -2.11. The molecule has 0 fully saturated rings. The second-order valence-electron chi connectivity index (χ2n) is 6.05. The van der Waals surface area contributed by atoms with Crippen molar-refractivity contribution in [1.82, 2.24) is 10.2 Å². The van der Waals surface area contributed by atoms with Gasteiger partial charge in [-0.3, -0.25) is 9.59 Å². The van der Waals surface area contributed by atoms with E-state index >= 15 is 0 Å². The van der Waals surface area contributed by atoms with Gasteiger partial charge in [-0.1, -0.05) is 30.3 Å². The van der Waals surface area contributed by atoms with Gasteiger partial charge in [0.1, 0.15) is 0 Å². The van der Waals surface area contributed by atoms with Crippen molar-refractivity contribution in [3.63, 3.8) is 0 Å². The van der Waals surface area contributed by atoms with Gasteiger partial charge in [0.25, 0.3) is 5.91 Å². The molecule has 1 N–H and O–H groups in total. The van der Waals surface area contributed by atoms with E-state index in [2.05, 4.69) is 5.32 Å². The number of nitrogens with zero attached hydrogens (tertiary/aromatic N) is 1. The number of amides is 2. The molecule has 2 aromatic rings. The smallest absolute Gasteiger partial charge is 0.352 e. The summed E-state index contributed by atoms with van der Waals surface area (Å²) in [5.74, 6) is -0.497. The van der Waals surface area contributed by atoms with Crippen molar-refractivity contribution in [3.05, 3.63) is 70.8 Å². The van der Waals surface area contributed by atoms with Crippen LogP contribution in [0.15, 0.2) is 48.5 Å². The van der Waals surface area contributed by atoms with Gasteiger partial charge in [-0.15, -0.1) is 0 Å². The van der Waals surface area contributed by atoms with E-state index in [-0.39, 0.29) is 24.8 Å². The summed E-state index contributed by atoms with van der Waals surface area (Å²) in [5.41, 5.74) is 0.847. The van der Waals surface area contributed by atoms with Gasteiger partial charge in [-0.2, -0.15) is 13.2 Å². The number of hydrogen-bond donors (Lipinski definition) is 1. The summed E-state index contributed by atoms with van der Waals surface area (Å²) >= 11 is 0. The Bertz CT molecular complexity index is 784. The predicted octanol–water partition coefficient (Wildman–Crippen LogP) is 3.27. The van der Waals surface area contributed by atoms with Gasteiger partial charge < -0.3 is 10.2 Å². The van der Waals surface area contributed by atoms with Crippen molar-refractivity contribution in [2.75, 3.05) is 14.1 Å². The summed E-state index contributed by atoms with van der Waals surface area (Å²) in [6.45, 7) is 0.230. The van der Waals surface area contributed by atoms with Crippen molar-refractivity contribution >= 4 is 11.8 Å². The first-order chi connectivity index (χ1) is 12.2. The van der Waals surface area contributed by atoms with Crippen LogP contribution in [0.5, 0.6) is 0 Å². The number of nitrogens with one attached hydrogen (secondary N) is 1. The highest BCUT2D eigenvalue weighted by atomic mass is 19.4. The van der Waals surface area contributed by atoms with Gasteiger partial charge in [0.15, 0.2) is 0 Å². The first kappa shape index (κ1) is 19.5. The van der Waals surface area contributed by atoms with Crippen LogP contribution in [0, 0.1) is 0 Å². The molecule has 138 valence electrons. The number of carbonyl (C=O) groups excluding carboxylic acids is 2. The predicted molar refractivity (Wildman–Crippen MR) is 91.5 cm³/mol. The van der Waals surface area contributed by atoms with E-state index in [0.29, 0.717) is 11.1 Å². The maximum Gasteiger partial charge on any atom is 0.416 e. The van der Waals surface area contributed by atoms with E-state index in [0.717, 1.165) is 17.7 Å². The van der Waals surface area contributed by atoms with Crippen molar-refractivity contribution in [2.24, 2.45) is 0 Å². The minimum absolute atomic E-state index is 0.120. The molecule has 0 saturated heterocycles. The van der Waals surface area contributed by atoms with E-state index < -0.39 is 11.7 Å². The Balaban J connectivity index is 1.92. The Morgan fingerprint density at radius 3 is 2.23 bits per heavy atom. The fourth-order valence-corrected chi connectivity index (χ4v) is 2.33. The zero-order chi connectivity index (χ0) is 19.3. The quantitative estimate of drug-likeness (QED) is 0.885. The van der Waals surface area contributed by atoms with Crippen LogP contribution in [0.25, 0.3) is 0 Å². The molecule has 2 rings (SSSR count). The number of benzene rings is 2. The van der Waals surface area contributed by atoms with Gasteiger partial charge in [0.05, 0.1) is 12.0 Å². The molecule has 0 radical (unpaired) electrons. The Morgan fingerprint density at radius 1 is 1.00 bits per heavy atom. The third-order valence-corrected chi connectivity index (χ3v) is 3.72. The topological polar surface area (TPSA) is 49.4 Å². The van der Waals surface area contributed by atoms with Gasteiger partial charge in [-0.05, 0) is 29.3 Å². The van der Waals surface area contributed by atoms with Crippen LogP contribution < -0.4 is 5.32 Å². The molecule has 0 atom stereocenters. The molecule has 0 heterocycles.